The Hall–Kier alpha value is -1.94. The molecule has 2 saturated heterocycles. The van der Waals surface area contributed by atoms with Crippen molar-refractivity contribution in [2.75, 3.05) is 31.5 Å². The lowest BCUT2D eigenvalue weighted by molar-refractivity contribution is -0.120. The molecule has 0 unspecified atom stereocenters. The largest absolute Gasteiger partial charge is 0.339 e. The quantitative estimate of drug-likeness (QED) is 0.705. The lowest BCUT2D eigenvalue weighted by atomic mass is 9.97. The van der Waals surface area contributed by atoms with E-state index in [9.17, 15) is 18.0 Å². The van der Waals surface area contributed by atoms with Gasteiger partial charge in [-0.2, -0.15) is 4.31 Å². The van der Waals surface area contributed by atoms with Gasteiger partial charge in [-0.15, -0.1) is 11.3 Å². The van der Waals surface area contributed by atoms with Gasteiger partial charge < -0.3 is 10.2 Å². The Morgan fingerprint density at radius 1 is 1.06 bits per heavy atom. The van der Waals surface area contributed by atoms with E-state index in [2.05, 4.69) is 5.32 Å². The predicted molar refractivity (Wildman–Crippen MR) is 121 cm³/mol. The maximum absolute atomic E-state index is 13.0. The fraction of sp³-hybridized carbons (Fsp3) is 0.429. The van der Waals surface area contributed by atoms with Crippen LogP contribution in [0.1, 0.15) is 36.0 Å². The number of amides is 2. The van der Waals surface area contributed by atoms with Crippen LogP contribution in [0.15, 0.2) is 39.9 Å². The Kier molecular flexibility index (Phi) is 6.66. The topological polar surface area (TPSA) is 86.8 Å². The second kappa shape index (κ2) is 9.28. The van der Waals surface area contributed by atoms with Crippen LogP contribution in [0.3, 0.4) is 0 Å². The standard InChI is InChI=1S/C21H24ClN3O4S2/c22-17-4-3-5-18(13-17)23-20(26)15-6-10-25(11-7-15)31(28,29)19-12-16(14-30-19)21(27)24-8-1-2-9-24/h3-5,12-15H,1-2,6-11H2,(H,23,26). The summed E-state index contributed by atoms with van der Waals surface area (Å²) < 4.78 is 27.7. The summed E-state index contributed by atoms with van der Waals surface area (Å²) in [7, 11) is -3.68. The number of carbonyl (C=O) groups is 2. The lowest BCUT2D eigenvalue weighted by Crippen LogP contribution is -2.41. The molecule has 2 aliphatic rings. The van der Waals surface area contributed by atoms with Gasteiger partial charge in [-0.3, -0.25) is 9.59 Å². The molecular weight excluding hydrogens is 458 g/mol. The zero-order valence-electron chi connectivity index (χ0n) is 16.9. The van der Waals surface area contributed by atoms with Crippen molar-refractivity contribution in [2.45, 2.75) is 29.9 Å². The molecule has 3 heterocycles. The molecule has 2 aliphatic heterocycles. The minimum absolute atomic E-state index is 0.105. The molecule has 0 aliphatic carbocycles. The van der Waals surface area contributed by atoms with Crippen LogP contribution in [0.2, 0.25) is 5.02 Å². The van der Waals surface area contributed by atoms with Crippen molar-refractivity contribution in [1.82, 2.24) is 9.21 Å². The van der Waals surface area contributed by atoms with Crippen LogP contribution in [0.4, 0.5) is 5.69 Å². The number of thiophene rings is 1. The van der Waals surface area contributed by atoms with Crippen LogP contribution in [-0.2, 0) is 14.8 Å². The predicted octanol–water partition coefficient (Wildman–Crippen LogP) is 3.68. The third-order valence-electron chi connectivity index (χ3n) is 5.73. The Morgan fingerprint density at radius 2 is 1.77 bits per heavy atom. The molecule has 1 aromatic heterocycles. The Bertz CT molecular complexity index is 1070. The molecule has 166 valence electrons. The molecule has 2 amide bonds. The second-order valence-corrected chi connectivity index (χ2v) is 11.3. The maximum Gasteiger partial charge on any atom is 0.254 e. The number of piperidine rings is 1. The first-order valence-corrected chi connectivity index (χ1v) is 13.0. The van der Waals surface area contributed by atoms with Crippen LogP contribution in [0, 0.1) is 5.92 Å². The third-order valence-corrected chi connectivity index (χ3v) is 9.28. The van der Waals surface area contributed by atoms with E-state index in [0.717, 1.165) is 37.3 Å². The van der Waals surface area contributed by atoms with E-state index < -0.39 is 10.0 Å². The number of halogens is 1. The first-order chi connectivity index (χ1) is 14.8. The van der Waals surface area contributed by atoms with E-state index in [4.69, 9.17) is 11.6 Å². The highest BCUT2D eigenvalue weighted by Gasteiger charge is 2.33. The molecule has 1 N–H and O–H groups in total. The number of hydrogen-bond acceptors (Lipinski definition) is 5. The molecule has 7 nitrogen and oxygen atoms in total. The van der Waals surface area contributed by atoms with Crippen LogP contribution in [0.25, 0.3) is 0 Å². The zero-order valence-corrected chi connectivity index (χ0v) is 19.3. The van der Waals surface area contributed by atoms with E-state index >= 15 is 0 Å². The van der Waals surface area contributed by atoms with Gasteiger partial charge in [0.1, 0.15) is 4.21 Å². The van der Waals surface area contributed by atoms with E-state index in [1.54, 1.807) is 34.5 Å². The number of rotatable bonds is 5. The highest BCUT2D eigenvalue weighted by atomic mass is 35.5. The fourth-order valence-electron chi connectivity index (χ4n) is 3.96. The molecular formula is C21H24ClN3O4S2. The van der Waals surface area contributed by atoms with Crippen molar-refractivity contribution in [3.05, 3.63) is 46.3 Å². The fourth-order valence-corrected chi connectivity index (χ4v) is 6.93. The monoisotopic (exact) mass is 481 g/mol. The Labute approximate surface area is 191 Å². The van der Waals surface area contributed by atoms with Crippen molar-refractivity contribution in [3.63, 3.8) is 0 Å². The first kappa shape index (κ1) is 22.3. The minimum Gasteiger partial charge on any atom is -0.339 e. The van der Waals surface area contributed by atoms with Gasteiger partial charge in [0.15, 0.2) is 0 Å². The Balaban J connectivity index is 1.36. The van der Waals surface area contributed by atoms with Gasteiger partial charge in [0, 0.05) is 48.2 Å². The van der Waals surface area contributed by atoms with Crippen molar-refractivity contribution in [3.8, 4) is 0 Å². The molecule has 0 atom stereocenters. The minimum atomic E-state index is -3.68. The van der Waals surface area contributed by atoms with E-state index in [-0.39, 0.29) is 35.0 Å². The van der Waals surface area contributed by atoms with Crippen molar-refractivity contribution < 1.29 is 18.0 Å². The van der Waals surface area contributed by atoms with Crippen molar-refractivity contribution >= 4 is 50.5 Å². The zero-order chi connectivity index (χ0) is 22.0. The number of benzene rings is 1. The normalized spacial score (nSPS) is 18.3. The number of anilines is 1. The summed E-state index contributed by atoms with van der Waals surface area (Å²) in [6.07, 6.45) is 2.86. The molecule has 2 aromatic rings. The SMILES string of the molecule is O=C(Nc1cccc(Cl)c1)C1CCN(S(=O)(=O)c2cc(C(=O)N3CCCC3)cs2)CC1. The van der Waals surface area contributed by atoms with Crippen molar-refractivity contribution in [2.24, 2.45) is 5.92 Å². The molecule has 0 radical (unpaired) electrons. The van der Waals surface area contributed by atoms with Crippen LogP contribution >= 0.6 is 22.9 Å². The first-order valence-electron chi connectivity index (χ1n) is 10.3. The van der Waals surface area contributed by atoms with Crippen LogP contribution in [0.5, 0.6) is 0 Å². The number of nitrogens with zero attached hydrogens (tertiary/aromatic N) is 2. The molecule has 0 saturated carbocycles. The average Bonchev–Trinajstić information content (AvgIpc) is 3.46. The highest BCUT2D eigenvalue weighted by molar-refractivity contribution is 7.91. The number of nitrogens with one attached hydrogen (secondary N) is 1. The molecule has 0 spiro atoms. The number of carbonyl (C=O) groups excluding carboxylic acids is 2. The number of sulfonamides is 1. The lowest BCUT2D eigenvalue weighted by Gasteiger charge is -2.30. The maximum atomic E-state index is 13.0. The van der Waals surface area contributed by atoms with Crippen molar-refractivity contribution in [1.29, 1.82) is 0 Å². The molecule has 2 fully saturated rings. The van der Waals surface area contributed by atoms with Gasteiger partial charge >= 0.3 is 0 Å². The molecule has 4 rings (SSSR count). The molecule has 31 heavy (non-hydrogen) atoms. The third kappa shape index (κ3) is 4.95. The van der Waals surface area contributed by atoms with Gasteiger partial charge in [-0.1, -0.05) is 17.7 Å². The smallest absolute Gasteiger partial charge is 0.254 e. The molecule has 10 heteroatoms. The summed E-state index contributed by atoms with van der Waals surface area (Å²) in [5.41, 5.74) is 1.06. The summed E-state index contributed by atoms with van der Waals surface area (Å²) in [5, 5.41) is 5.01. The Morgan fingerprint density at radius 3 is 2.45 bits per heavy atom. The summed E-state index contributed by atoms with van der Waals surface area (Å²) in [6, 6.07) is 8.42. The molecule has 1 aromatic carbocycles. The van der Waals surface area contributed by atoms with E-state index in [1.165, 1.54) is 10.4 Å². The van der Waals surface area contributed by atoms with Crippen LogP contribution < -0.4 is 5.32 Å². The van der Waals surface area contributed by atoms with Crippen LogP contribution in [-0.4, -0.2) is 55.6 Å². The summed E-state index contributed by atoms with van der Waals surface area (Å²) in [6.45, 7) is 1.98. The highest BCUT2D eigenvalue weighted by Crippen LogP contribution is 2.29. The van der Waals surface area contributed by atoms with Gasteiger partial charge in [0.05, 0.1) is 5.56 Å². The average molecular weight is 482 g/mol. The van der Waals surface area contributed by atoms with Gasteiger partial charge in [0.2, 0.25) is 5.91 Å². The summed E-state index contributed by atoms with van der Waals surface area (Å²) in [4.78, 5) is 26.8. The second-order valence-electron chi connectivity index (χ2n) is 7.83. The summed E-state index contributed by atoms with van der Waals surface area (Å²) in [5.74, 6) is -0.499. The van der Waals surface area contributed by atoms with Gasteiger partial charge in [0.25, 0.3) is 15.9 Å². The van der Waals surface area contributed by atoms with E-state index in [0.29, 0.717) is 29.1 Å². The number of likely N-dealkylation sites (tertiary alicyclic amines) is 1. The summed E-state index contributed by atoms with van der Waals surface area (Å²) >= 11 is 7.03. The van der Waals surface area contributed by atoms with Gasteiger partial charge in [-0.25, -0.2) is 8.42 Å². The van der Waals surface area contributed by atoms with E-state index in [1.807, 2.05) is 0 Å². The van der Waals surface area contributed by atoms with Gasteiger partial charge in [-0.05, 0) is 49.9 Å². The molecule has 0 bridgehead atoms. The number of hydrogen-bond donors (Lipinski definition) is 1.